The number of carbonyl (C=O) groups excluding carboxylic acids is 1. The highest BCUT2D eigenvalue weighted by Crippen LogP contribution is 2.30. The number of carbonyl (C=O) groups is 1. The van der Waals surface area contributed by atoms with Crippen molar-refractivity contribution in [3.8, 4) is 0 Å². The van der Waals surface area contributed by atoms with Crippen molar-refractivity contribution < 1.29 is 9.21 Å². The molecular weight excluding hydrogens is 402 g/mol. The monoisotopic (exact) mass is 439 g/mol. The van der Waals surface area contributed by atoms with Gasteiger partial charge in [0, 0.05) is 75.2 Å². The van der Waals surface area contributed by atoms with Crippen molar-refractivity contribution in [2.45, 2.75) is 77.0 Å². The van der Waals surface area contributed by atoms with Crippen molar-refractivity contribution in [2.75, 3.05) is 33.2 Å². The van der Waals surface area contributed by atoms with Gasteiger partial charge in [-0.15, -0.1) is 0 Å². The summed E-state index contributed by atoms with van der Waals surface area (Å²) in [5, 5.41) is 4.78. The Morgan fingerprint density at radius 3 is 2.50 bits per heavy atom. The van der Waals surface area contributed by atoms with E-state index in [1.54, 1.807) is 17.4 Å². The molecule has 7 heteroatoms. The molecule has 1 saturated carbocycles. The lowest BCUT2D eigenvalue weighted by Gasteiger charge is -2.42. The molecule has 5 rings (SSSR count). The van der Waals surface area contributed by atoms with Crippen LogP contribution in [0.4, 0.5) is 0 Å². The lowest BCUT2D eigenvalue weighted by atomic mass is 9.89. The molecule has 2 aliphatic carbocycles. The minimum atomic E-state index is 0.0151. The van der Waals surface area contributed by atoms with Crippen LogP contribution in [0.5, 0.6) is 0 Å². The second kappa shape index (κ2) is 9.40. The summed E-state index contributed by atoms with van der Waals surface area (Å²) in [6, 6.07) is 3.26. The van der Waals surface area contributed by atoms with Crippen LogP contribution in [0.1, 0.15) is 66.3 Å². The predicted molar refractivity (Wildman–Crippen MR) is 124 cm³/mol. The molecule has 0 bridgehead atoms. The summed E-state index contributed by atoms with van der Waals surface area (Å²) in [4.78, 5) is 20.5. The molecule has 1 amide bonds. The van der Waals surface area contributed by atoms with Gasteiger partial charge in [0.1, 0.15) is 0 Å². The summed E-state index contributed by atoms with van der Waals surface area (Å²) in [6.07, 6.45) is 12.1. The topological polar surface area (TPSA) is 57.8 Å². The molecule has 0 radical (unpaired) electrons. The number of nitrogens with zero attached hydrogens (tertiary/aromatic N) is 5. The van der Waals surface area contributed by atoms with Crippen molar-refractivity contribution in [3.63, 3.8) is 0 Å². The van der Waals surface area contributed by atoms with Gasteiger partial charge in [-0.3, -0.25) is 19.3 Å². The first-order valence-electron chi connectivity index (χ1n) is 12.5. The van der Waals surface area contributed by atoms with Crippen LogP contribution in [0.2, 0.25) is 0 Å². The van der Waals surface area contributed by atoms with E-state index >= 15 is 0 Å². The van der Waals surface area contributed by atoms with Crippen LogP contribution in [0.3, 0.4) is 0 Å². The molecule has 32 heavy (non-hydrogen) atoms. The van der Waals surface area contributed by atoms with Crippen LogP contribution >= 0.6 is 0 Å². The van der Waals surface area contributed by atoms with Gasteiger partial charge >= 0.3 is 0 Å². The van der Waals surface area contributed by atoms with E-state index in [9.17, 15) is 4.79 Å². The summed E-state index contributed by atoms with van der Waals surface area (Å²) >= 11 is 0. The number of piperazine rings is 1. The minimum Gasteiger partial charge on any atom is -0.472 e. The van der Waals surface area contributed by atoms with E-state index in [4.69, 9.17) is 9.52 Å². The maximum Gasteiger partial charge on any atom is 0.274 e. The van der Waals surface area contributed by atoms with E-state index in [1.165, 1.54) is 56.5 Å². The van der Waals surface area contributed by atoms with Gasteiger partial charge in [-0.25, -0.2) is 0 Å². The van der Waals surface area contributed by atoms with Crippen molar-refractivity contribution in [1.82, 2.24) is 24.5 Å². The molecule has 1 atom stereocenters. The lowest BCUT2D eigenvalue weighted by molar-refractivity contribution is 0.0651. The first-order chi connectivity index (χ1) is 15.6. The molecule has 2 aromatic heterocycles. The van der Waals surface area contributed by atoms with E-state index < -0.39 is 0 Å². The molecule has 0 aromatic carbocycles. The fourth-order valence-electron chi connectivity index (χ4n) is 6.06. The second-order valence-corrected chi connectivity index (χ2v) is 9.79. The van der Waals surface area contributed by atoms with Crippen LogP contribution in [0.25, 0.3) is 0 Å². The van der Waals surface area contributed by atoms with Crippen LogP contribution in [0, 0.1) is 0 Å². The third-order valence-corrected chi connectivity index (χ3v) is 7.88. The van der Waals surface area contributed by atoms with Crippen molar-refractivity contribution in [1.29, 1.82) is 0 Å². The fraction of sp³-hybridized carbons (Fsp3) is 0.680. The van der Waals surface area contributed by atoms with Crippen LogP contribution < -0.4 is 0 Å². The van der Waals surface area contributed by atoms with Crippen LogP contribution in [-0.2, 0) is 25.9 Å². The Bertz CT molecular complexity index is 907. The average Bonchev–Trinajstić information content (AvgIpc) is 3.59. The molecule has 7 nitrogen and oxygen atoms in total. The molecule has 3 heterocycles. The Morgan fingerprint density at radius 1 is 1.12 bits per heavy atom. The normalized spacial score (nSPS) is 22.9. The van der Waals surface area contributed by atoms with Gasteiger partial charge in [0.05, 0.1) is 12.5 Å². The number of aryl methyl sites for hydroxylation is 1. The minimum absolute atomic E-state index is 0.0151. The third-order valence-electron chi connectivity index (χ3n) is 7.88. The molecule has 0 N–H and O–H groups in total. The maximum absolute atomic E-state index is 13.3. The van der Waals surface area contributed by atoms with Gasteiger partial charge in [-0.2, -0.15) is 5.10 Å². The van der Waals surface area contributed by atoms with E-state index in [1.807, 2.05) is 13.1 Å². The SMILES string of the molecule is CCn1nc(C(=O)N(C)Cc2ccoc2)c2c1CCC(N1CCN(C3CCCC3)CC1)C2. The van der Waals surface area contributed by atoms with Crippen LogP contribution in [0.15, 0.2) is 23.0 Å². The van der Waals surface area contributed by atoms with Gasteiger partial charge in [0.15, 0.2) is 5.69 Å². The maximum atomic E-state index is 13.3. The molecule has 1 unspecified atom stereocenters. The second-order valence-electron chi connectivity index (χ2n) is 9.79. The molecule has 2 aromatic rings. The molecule has 174 valence electrons. The smallest absolute Gasteiger partial charge is 0.274 e. The molecule has 2 fully saturated rings. The summed E-state index contributed by atoms with van der Waals surface area (Å²) in [5.74, 6) is 0.0151. The lowest BCUT2D eigenvalue weighted by Crippen LogP contribution is -2.53. The molecule has 1 aliphatic heterocycles. The Balaban J connectivity index is 1.28. The Morgan fingerprint density at radius 2 is 1.84 bits per heavy atom. The average molecular weight is 440 g/mol. The van der Waals surface area contributed by atoms with E-state index in [0.29, 0.717) is 18.3 Å². The quantitative estimate of drug-likeness (QED) is 0.692. The number of amides is 1. The van der Waals surface area contributed by atoms with Gasteiger partial charge < -0.3 is 9.32 Å². The summed E-state index contributed by atoms with van der Waals surface area (Å²) in [6.45, 7) is 8.17. The van der Waals surface area contributed by atoms with Crippen molar-refractivity contribution >= 4 is 5.91 Å². The number of aromatic nitrogens is 2. The Hall–Kier alpha value is -2.12. The standard InChI is InChI=1S/C25H37N5O2/c1-3-30-23-9-8-21(29-13-11-28(12-14-29)20-6-4-5-7-20)16-22(23)24(26-30)25(31)27(2)17-19-10-15-32-18-19/h10,15,18,20-21H,3-9,11-14,16-17H2,1-2H3. The summed E-state index contributed by atoms with van der Waals surface area (Å²) in [7, 11) is 1.86. The van der Waals surface area contributed by atoms with E-state index in [2.05, 4.69) is 21.4 Å². The predicted octanol–water partition coefficient (Wildman–Crippen LogP) is 3.19. The number of furan rings is 1. The van der Waals surface area contributed by atoms with Gasteiger partial charge in [-0.1, -0.05) is 12.8 Å². The highest BCUT2D eigenvalue weighted by atomic mass is 16.3. The van der Waals surface area contributed by atoms with Crippen molar-refractivity contribution in [2.24, 2.45) is 0 Å². The first kappa shape index (κ1) is 21.7. The number of hydrogen-bond acceptors (Lipinski definition) is 5. The molecule has 3 aliphatic rings. The van der Waals surface area contributed by atoms with Gasteiger partial charge in [0.25, 0.3) is 5.91 Å². The van der Waals surface area contributed by atoms with Crippen molar-refractivity contribution in [3.05, 3.63) is 41.1 Å². The zero-order valence-electron chi connectivity index (χ0n) is 19.6. The number of fused-ring (bicyclic) bond motifs is 1. The number of rotatable bonds is 6. The molecule has 1 saturated heterocycles. The van der Waals surface area contributed by atoms with Gasteiger partial charge in [0.2, 0.25) is 0 Å². The van der Waals surface area contributed by atoms with E-state index in [0.717, 1.165) is 44.1 Å². The highest BCUT2D eigenvalue weighted by molar-refractivity contribution is 5.94. The molecule has 0 spiro atoms. The summed E-state index contributed by atoms with van der Waals surface area (Å²) in [5.41, 5.74) is 4.11. The summed E-state index contributed by atoms with van der Waals surface area (Å²) < 4.78 is 7.23. The largest absolute Gasteiger partial charge is 0.472 e. The molecular formula is C25H37N5O2. The zero-order chi connectivity index (χ0) is 22.1. The third kappa shape index (κ3) is 4.25. The number of hydrogen-bond donors (Lipinski definition) is 0. The highest BCUT2D eigenvalue weighted by Gasteiger charge is 2.34. The van der Waals surface area contributed by atoms with E-state index in [-0.39, 0.29) is 5.91 Å². The zero-order valence-corrected chi connectivity index (χ0v) is 19.6. The first-order valence-corrected chi connectivity index (χ1v) is 12.5. The fourth-order valence-corrected chi connectivity index (χ4v) is 6.06. The Labute approximate surface area is 191 Å². The van der Waals surface area contributed by atoms with Gasteiger partial charge in [-0.05, 0) is 45.1 Å². The van der Waals surface area contributed by atoms with Crippen LogP contribution in [-0.4, -0.2) is 75.7 Å². The Kier molecular flexibility index (Phi) is 6.37.